The van der Waals surface area contributed by atoms with Crippen molar-refractivity contribution in [3.8, 4) is 0 Å². The van der Waals surface area contributed by atoms with Gasteiger partial charge < -0.3 is 14.5 Å². The lowest BCUT2D eigenvalue weighted by Crippen LogP contribution is -2.00. The molecule has 0 amide bonds. The zero-order chi connectivity index (χ0) is 8.91. The quantitative estimate of drug-likeness (QED) is 0.499. The molecule has 0 heterocycles. The van der Waals surface area contributed by atoms with E-state index >= 15 is 0 Å². The fourth-order valence-corrected chi connectivity index (χ4v) is 0.875. The normalized spacial score (nSPS) is 15.8. The first kappa shape index (κ1) is 10.6. The fraction of sp³-hybridized carbons (Fsp3) is 0.800. The predicted octanol–water partition coefficient (Wildman–Crippen LogP) is 1.67. The van der Waals surface area contributed by atoms with Gasteiger partial charge in [0.15, 0.2) is 0 Å². The Kier molecular flexibility index (Phi) is 4.33. The van der Waals surface area contributed by atoms with Gasteiger partial charge in [-0.05, 0) is 6.42 Å². The van der Waals surface area contributed by atoms with Gasteiger partial charge in [-0.25, -0.2) is 9.36 Å². The zero-order valence-corrected chi connectivity index (χ0v) is 7.08. The Morgan fingerprint density at radius 1 is 1.64 bits per heavy atom. The summed E-state index contributed by atoms with van der Waals surface area (Å²) >= 11 is 0. The van der Waals surface area contributed by atoms with E-state index in [0.29, 0.717) is 6.42 Å². The highest BCUT2D eigenvalue weighted by atomic mass is 31.2. The summed E-state index contributed by atoms with van der Waals surface area (Å²) in [6.45, 7) is 1.88. The van der Waals surface area contributed by atoms with Gasteiger partial charge >= 0.3 is 13.3 Å². The van der Waals surface area contributed by atoms with Crippen LogP contribution in [0.2, 0.25) is 0 Å². The third-order valence-electron chi connectivity index (χ3n) is 1.01. The molecule has 0 saturated carbocycles. The van der Waals surface area contributed by atoms with Crippen LogP contribution in [0.4, 0.5) is 4.79 Å². The molecule has 11 heavy (non-hydrogen) atoms. The van der Waals surface area contributed by atoms with E-state index in [2.05, 4.69) is 4.52 Å². The van der Waals surface area contributed by atoms with Gasteiger partial charge in [-0.2, -0.15) is 0 Å². The Hall–Kier alpha value is -0.380. The largest absolute Gasteiger partial charge is 0.472 e. The van der Waals surface area contributed by atoms with Crippen molar-refractivity contribution in [1.82, 2.24) is 0 Å². The Morgan fingerprint density at radius 2 is 2.18 bits per heavy atom. The molecule has 0 aliphatic heterocycles. The summed E-state index contributed by atoms with van der Waals surface area (Å²) in [5.41, 5.74) is -1.80. The van der Waals surface area contributed by atoms with Crippen molar-refractivity contribution in [3.05, 3.63) is 0 Å². The lowest BCUT2D eigenvalue weighted by atomic mass is 10.4. The highest BCUT2D eigenvalue weighted by Gasteiger charge is 2.29. The Balaban J connectivity index is 3.74. The molecule has 0 aromatic rings. The van der Waals surface area contributed by atoms with Crippen molar-refractivity contribution in [1.29, 1.82) is 0 Å². The third kappa shape index (κ3) is 4.14. The third-order valence-corrected chi connectivity index (χ3v) is 2.02. The molecule has 0 fully saturated rings. The van der Waals surface area contributed by atoms with Crippen LogP contribution in [-0.4, -0.2) is 22.3 Å². The minimum atomic E-state index is -4.38. The molecule has 1 atom stereocenters. The maximum absolute atomic E-state index is 10.5. The molecule has 0 rings (SSSR count). The number of carbonyl (C=O) groups is 1. The molecule has 5 nitrogen and oxygen atoms in total. The maximum atomic E-state index is 10.5. The molecule has 0 bridgehead atoms. The summed E-state index contributed by atoms with van der Waals surface area (Å²) in [4.78, 5) is 18.5. The molecule has 2 N–H and O–H groups in total. The van der Waals surface area contributed by atoms with Gasteiger partial charge in [0.1, 0.15) is 0 Å². The maximum Gasteiger partial charge on any atom is 0.435 e. The average Bonchev–Trinajstić information content (AvgIpc) is 1.88. The topological polar surface area (TPSA) is 83.8 Å². The molecule has 0 saturated heterocycles. The van der Waals surface area contributed by atoms with Gasteiger partial charge in [-0.1, -0.05) is 13.3 Å². The first-order valence-electron chi connectivity index (χ1n) is 3.21. The SMILES string of the molecule is CCCCOP(=O)(O)C(=O)O. The summed E-state index contributed by atoms with van der Waals surface area (Å²) < 4.78 is 14.8. The van der Waals surface area contributed by atoms with E-state index in [9.17, 15) is 9.36 Å². The van der Waals surface area contributed by atoms with Gasteiger partial charge in [-0.3, -0.25) is 0 Å². The average molecular weight is 182 g/mol. The van der Waals surface area contributed by atoms with Crippen molar-refractivity contribution < 1.29 is 23.9 Å². The summed E-state index contributed by atoms with van der Waals surface area (Å²) in [6, 6.07) is 0. The molecular weight excluding hydrogens is 171 g/mol. The molecule has 0 radical (unpaired) electrons. The van der Waals surface area contributed by atoms with Crippen LogP contribution in [0.1, 0.15) is 19.8 Å². The van der Waals surface area contributed by atoms with E-state index in [4.69, 9.17) is 10.00 Å². The number of unbranched alkanes of at least 4 members (excludes halogenated alkanes) is 1. The lowest BCUT2D eigenvalue weighted by Gasteiger charge is -2.05. The zero-order valence-electron chi connectivity index (χ0n) is 6.19. The Morgan fingerprint density at radius 3 is 2.55 bits per heavy atom. The van der Waals surface area contributed by atoms with Crippen molar-refractivity contribution in [2.45, 2.75) is 19.8 Å². The first-order valence-corrected chi connectivity index (χ1v) is 4.79. The van der Waals surface area contributed by atoms with Crippen LogP contribution < -0.4 is 0 Å². The number of hydrogen-bond acceptors (Lipinski definition) is 3. The van der Waals surface area contributed by atoms with Crippen LogP contribution in [0.3, 0.4) is 0 Å². The van der Waals surface area contributed by atoms with Crippen LogP contribution in [-0.2, 0) is 9.09 Å². The van der Waals surface area contributed by atoms with Crippen LogP contribution in [0.5, 0.6) is 0 Å². The standard InChI is InChI=1S/C5H11O5P/c1-2-3-4-10-11(8,9)5(6)7/h2-4H2,1H3,(H,6,7)(H,8,9). The summed E-state index contributed by atoms with van der Waals surface area (Å²) in [6.07, 6.45) is 1.37. The van der Waals surface area contributed by atoms with Gasteiger partial charge in [0, 0.05) is 0 Å². The van der Waals surface area contributed by atoms with Crippen molar-refractivity contribution in [3.63, 3.8) is 0 Å². The molecule has 0 aromatic carbocycles. The van der Waals surface area contributed by atoms with Gasteiger partial charge in [0.2, 0.25) is 0 Å². The monoisotopic (exact) mass is 182 g/mol. The summed E-state index contributed by atoms with van der Waals surface area (Å²) in [7, 11) is -4.38. The van der Waals surface area contributed by atoms with E-state index in [1.807, 2.05) is 6.92 Å². The van der Waals surface area contributed by atoms with Crippen molar-refractivity contribution in [2.24, 2.45) is 0 Å². The summed E-state index contributed by atoms with van der Waals surface area (Å²) in [5, 5.41) is 8.10. The lowest BCUT2D eigenvalue weighted by molar-refractivity contribution is 0.195. The van der Waals surface area contributed by atoms with Gasteiger partial charge in [0.25, 0.3) is 0 Å². The van der Waals surface area contributed by atoms with Crippen LogP contribution >= 0.6 is 7.60 Å². The molecule has 0 aromatic heterocycles. The second-order valence-electron chi connectivity index (χ2n) is 1.99. The molecule has 66 valence electrons. The van der Waals surface area contributed by atoms with E-state index in [1.165, 1.54) is 0 Å². The van der Waals surface area contributed by atoms with E-state index in [0.717, 1.165) is 6.42 Å². The first-order chi connectivity index (χ1) is 5.00. The smallest absolute Gasteiger partial charge is 0.435 e. The summed E-state index contributed by atoms with van der Waals surface area (Å²) in [5.74, 6) is 0. The number of rotatable bonds is 5. The van der Waals surface area contributed by atoms with Gasteiger partial charge in [0.05, 0.1) is 6.61 Å². The molecule has 0 spiro atoms. The minimum Gasteiger partial charge on any atom is -0.472 e. The van der Waals surface area contributed by atoms with Crippen molar-refractivity contribution >= 4 is 13.3 Å². The van der Waals surface area contributed by atoms with Gasteiger partial charge in [-0.15, -0.1) is 0 Å². The highest BCUT2D eigenvalue weighted by Crippen LogP contribution is 2.42. The Labute approximate surface area is 64.5 Å². The number of carboxylic acid groups (broad SMARTS) is 1. The highest BCUT2D eigenvalue weighted by molar-refractivity contribution is 7.70. The van der Waals surface area contributed by atoms with Crippen molar-refractivity contribution in [2.75, 3.05) is 6.61 Å². The Bertz CT molecular complexity index is 178. The second kappa shape index (κ2) is 4.49. The van der Waals surface area contributed by atoms with E-state index in [-0.39, 0.29) is 6.61 Å². The molecule has 6 heteroatoms. The molecule has 0 aliphatic rings. The second-order valence-corrected chi connectivity index (χ2v) is 3.67. The van der Waals surface area contributed by atoms with E-state index < -0.39 is 13.3 Å². The number of hydrogen-bond donors (Lipinski definition) is 2. The fourth-order valence-electron chi connectivity index (χ4n) is 0.388. The van der Waals surface area contributed by atoms with Crippen LogP contribution in [0.15, 0.2) is 0 Å². The van der Waals surface area contributed by atoms with Crippen LogP contribution in [0, 0.1) is 0 Å². The molecular formula is C5H11O5P. The molecule has 1 unspecified atom stereocenters. The molecule has 0 aliphatic carbocycles. The van der Waals surface area contributed by atoms with E-state index in [1.54, 1.807) is 0 Å². The van der Waals surface area contributed by atoms with Crippen LogP contribution in [0.25, 0.3) is 0 Å². The predicted molar refractivity (Wildman–Crippen MR) is 38.7 cm³/mol. The minimum absolute atomic E-state index is 0.0105.